The van der Waals surface area contributed by atoms with Crippen molar-refractivity contribution in [1.29, 1.82) is 0 Å². The van der Waals surface area contributed by atoms with Gasteiger partial charge in [-0.15, -0.1) is 11.3 Å². The fourth-order valence-electron chi connectivity index (χ4n) is 3.50. The van der Waals surface area contributed by atoms with Gasteiger partial charge in [-0.3, -0.25) is 4.98 Å². The van der Waals surface area contributed by atoms with E-state index in [2.05, 4.69) is 4.98 Å². The molecule has 0 aliphatic heterocycles. The summed E-state index contributed by atoms with van der Waals surface area (Å²) in [6.07, 6.45) is 1.24. The van der Waals surface area contributed by atoms with Gasteiger partial charge >= 0.3 is 6.09 Å². The summed E-state index contributed by atoms with van der Waals surface area (Å²) >= 11 is 1.50. The number of ether oxygens (including phenoxy) is 2. The van der Waals surface area contributed by atoms with Gasteiger partial charge in [-0.2, -0.15) is 0 Å². The van der Waals surface area contributed by atoms with Gasteiger partial charge in [0.25, 0.3) is 0 Å². The summed E-state index contributed by atoms with van der Waals surface area (Å²) in [5.74, 6) is 0.0711. The van der Waals surface area contributed by atoms with E-state index in [0.29, 0.717) is 37.6 Å². The van der Waals surface area contributed by atoms with Crippen LogP contribution in [0.15, 0.2) is 60.8 Å². The van der Waals surface area contributed by atoms with Crippen molar-refractivity contribution in [2.24, 2.45) is 0 Å². The Morgan fingerprint density at radius 1 is 1.15 bits per heavy atom. The lowest BCUT2D eigenvalue weighted by Crippen LogP contribution is -2.34. The summed E-state index contributed by atoms with van der Waals surface area (Å²) in [6.45, 7) is 1.05. The number of carboxylic acid groups (broad SMARTS) is 1. The molecule has 0 fully saturated rings. The maximum Gasteiger partial charge on any atom is 0.407 e. The Kier molecular flexibility index (Phi) is 7.24. The molecule has 9 heteroatoms. The number of hydrogen-bond donors (Lipinski definition) is 2. The standard InChI is InChI=1S/C25H24FN3O4S/c1-32-12-11-29(25(30)31)10-8-16-3-2-4-17(13-16)23-15-20-24(34-23)22(7-9-28-20)33-21-6-5-18(27)14-19(21)26/h2-7,9,13-15H,8,10-12,27H2,1H3,(H,30,31). The summed E-state index contributed by atoms with van der Waals surface area (Å²) in [5, 5.41) is 9.38. The molecule has 0 spiro atoms. The molecule has 0 radical (unpaired) electrons. The Morgan fingerprint density at radius 2 is 2.00 bits per heavy atom. The van der Waals surface area contributed by atoms with E-state index in [9.17, 15) is 14.3 Å². The van der Waals surface area contributed by atoms with Crippen LogP contribution in [0.5, 0.6) is 11.5 Å². The van der Waals surface area contributed by atoms with E-state index in [-0.39, 0.29) is 5.75 Å². The lowest BCUT2D eigenvalue weighted by atomic mass is 10.1. The van der Waals surface area contributed by atoms with E-state index in [4.69, 9.17) is 15.2 Å². The highest BCUT2D eigenvalue weighted by molar-refractivity contribution is 7.22. The number of aromatic nitrogens is 1. The van der Waals surface area contributed by atoms with E-state index >= 15 is 0 Å². The molecule has 3 N–H and O–H groups in total. The number of pyridine rings is 1. The normalized spacial score (nSPS) is 11.0. The maximum absolute atomic E-state index is 14.2. The second kappa shape index (κ2) is 10.5. The molecular formula is C25H24FN3O4S. The summed E-state index contributed by atoms with van der Waals surface area (Å²) in [5.41, 5.74) is 8.71. The Hall–Kier alpha value is -3.69. The molecule has 4 rings (SSSR count). The number of halogens is 1. The second-order valence-corrected chi connectivity index (χ2v) is 8.69. The number of hydrogen-bond acceptors (Lipinski definition) is 6. The smallest absolute Gasteiger partial charge is 0.407 e. The molecule has 0 saturated heterocycles. The first-order valence-corrected chi connectivity index (χ1v) is 11.4. The average Bonchev–Trinajstić information content (AvgIpc) is 3.26. The van der Waals surface area contributed by atoms with Crippen LogP contribution in [-0.2, 0) is 11.2 Å². The summed E-state index contributed by atoms with van der Waals surface area (Å²) in [4.78, 5) is 18.2. The zero-order valence-electron chi connectivity index (χ0n) is 18.5. The van der Waals surface area contributed by atoms with Crippen molar-refractivity contribution >= 4 is 33.3 Å². The molecular weight excluding hydrogens is 457 g/mol. The second-order valence-electron chi connectivity index (χ2n) is 7.64. The number of anilines is 1. The first kappa shape index (κ1) is 23.5. The number of nitrogen functional groups attached to an aromatic ring is 1. The zero-order valence-corrected chi connectivity index (χ0v) is 19.3. The third-order valence-corrected chi connectivity index (χ3v) is 6.46. The van der Waals surface area contributed by atoms with Crippen LogP contribution < -0.4 is 10.5 Å². The van der Waals surface area contributed by atoms with Crippen LogP contribution >= 0.6 is 11.3 Å². The van der Waals surface area contributed by atoms with Gasteiger partial charge in [0.05, 0.1) is 16.8 Å². The van der Waals surface area contributed by atoms with Crippen LogP contribution in [0.4, 0.5) is 14.9 Å². The zero-order chi connectivity index (χ0) is 24.1. The molecule has 4 aromatic rings. The Bertz CT molecular complexity index is 1310. The van der Waals surface area contributed by atoms with E-state index in [0.717, 1.165) is 26.2 Å². The van der Waals surface area contributed by atoms with Gasteiger partial charge in [-0.05, 0) is 35.7 Å². The van der Waals surface area contributed by atoms with Crippen LogP contribution in [0.2, 0.25) is 0 Å². The number of thiophene rings is 1. The minimum absolute atomic E-state index is 0.0927. The molecule has 0 atom stereocenters. The number of fused-ring (bicyclic) bond motifs is 1. The van der Waals surface area contributed by atoms with E-state index in [1.54, 1.807) is 25.4 Å². The Morgan fingerprint density at radius 3 is 2.76 bits per heavy atom. The van der Waals surface area contributed by atoms with Crippen LogP contribution in [0.3, 0.4) is 0 Å². The third kappa shape index (κ3) is 5.44. The van der Waals surface area contributed by atoms with Crippen molar-refractivity contribution in [2.75, 3.05) is 32.5 Å². The highest BCUT2D eigenvalue weighted by atomic mass is 32.1. The van der Waals surface area contributed by atoms with Gasteiger partial charge < -0.3 is 25.2 Å². The van der Waals surface area contributed by atoms with Crippen molar-refractivity contribution in [3.05, 3.63) is 72.2 Å². The summed E-state index contributed by atoms with van der Waals surface area (Å²) in [7, 11) is 1.55. The molecule has 0 aliphatic rings. The summed E-state index contributed by atoms with van der Waals surface area (Å²) < 4.78 is 25.9. The first-order chi connectivity index (χ1) is 16.4. The summed E-state index contributed by atoms with van der Waals surface area (Å²) in [6, 6.07) is 15.9. The van der Waals surface area contributed by atoms with E-state index < -0.39 is 11.9 Å². The van der Waals surface area contributed by atoms with Gasteiger partial charge in [-0.1, -0.05) is 24.3 Å². The first-order valence-electron chi connectivity index (χ1n) is 10.6. The van der Waals surface area contributed by atoms with Crippen LogP contribution in [0.25, 0.3) is 20.7 Å². The van der Waals surface area contributed by atoms with Gasteiger partial charge in [0.1, 0.15) is 5.75 Å². The fourth-order valence-corrected chi connectivity index (χ4v) is 4.57. The van der Waals surface area contributed by atoms with Crippen LogP contribution in [-0.4, -0.2) is 47.9 Å². The molecule has 1 amide bonds. The van der Waals surface area contributed by atoms with Gasteiger partial charge in [0.15, 0.2) is 11.6 Å². The molecule has 0 unspecified atom stereocenters. The number of amides is 1. The number of methoxy groups -OCH3 is 1. The van der Waals surface area contributed by atoms with Gasteiger partial charge in [0, 0.05) is 49.1 Å². The van der Waals surface area contributed by atoms with Crippen LogP contribution in [0.1, 0.15) is 5.56 Å². The molecule has 2 aromatic carbocycles. The number of nitrogens with zero attached hydrogens (tertiary/aromatic N) is 2. The van der Waals surface area contributed by atoms with Crippen molar-refractivity contribution in [3.63, 3.8) is 0 Å². The molecule has 176 valence electrons. The average molecular weight is 482 g/mol. The van der Waals surface area contributed by atoms with Crippen molar-refractivity contribution in [3.8, 4) is 21.9 Å². The van der Waals surface area contributed by atoms with Crippen molar-refractivity contribution < 1.29 is 23.8 Å². The molecule has 0 aliphatic carbocycles. The predicted molar refractivity (Wildman–Crippen MR) is 131 cm³/mol. The monoisotopic (exact) mass is 481 g/mol. The molecule has 2 heterocycles. The number of carbonyl (C=O) groups is 1. The SMILES string of the molecule is COCCN(CCc1cccc(-c2cc3nccc(Oc4ccc(N)cc4F)c3s2)c1)C(=O)O. The topological polar surface area (TPSA) is 97.9 Å². The quantitative estimate of drug-likeness (QED) is 0.300. The molecule has 34 heavy (non-hydrogen) atoms. The van der Waals surface area contributed by atoms with Gasteiger partial charge in [0.2, 0.25) is 0 Å². The lowest BCUT2D eigenvalue weighted by molar-refractivity contribution is 0.119. The lowest BCUT2D eigenvalue weighted by Gasteiger charge is -2.18. The molecule has 0 saturated carbocycles. The maximum atomic E-state index is 14.2. The van der Waals surface area contributed by atoms with Crippen molar-refractivity contribution in [2.45, 2.75) is 6.42 Å². The Labute approximate surface area is 200 Å². The van der Waals surface area contributed by atoms with E-state index in [1.807, 2.05) is 30.3 Å². The predicted octanol–water partition coefficient (Wildman–Crippen LogP) is 5.65. The highest BCUT2D eigenvalue weighted by Crippen LogP contribution is 2.39. The van der Waals surface area contributed by atoms with Gasteiger partial charge in [-0.25, -0.2) is 9.18 Å². The Balaban J connectivity index is 1.56. The molecule has 7 nitrogen and oxygen atoms in total. The van der Waals surface area contributed by atoms with Crippen molar-refractivity contribution in [1.82, 2.24) is 9.88 Å². The minimum atomic E-state index is -0.964. The third-order valence-electron chi connectivity index (χ3n) is 5.27. The number of benzene rings is 2. The molecule has 0 bridgehead atoms. The fraction of sp³-hybridized carbons (Fsp3) is 0.200. The molecule has 2 aromatic heterocycles. The minimum Gasteiger partial charge on any atom is -0.465 e. The number of nitrogens with two attached hydrogens (primary N) is 1. The number of rotatable bonds is 9. The largest absolute Gasteiger partial charge is 0.465 e. The van der Waals surface area contributed by atoms with E-state index in [1.165, 1.54) is 28.4 Å². The van der Waals surface area contributed by atoms with Crippen LogP contribution in [0, 0.1) is 5.82 Å². The highest BCUT2D eigenvalue weighted by Gasteiger charge is 2.14.